The number of fused-ring (bicyclic) bond motifs is 1. The minimum atomic E-state index is -0.537. The van der Waals surface area contributed by atoms with Gasteiger partial charge in [-0.15, -0.1) is 0 Å². The molecule has 57 heavy (non-hydrogen) atoms. The number of hydrogen-bond acceptors (Lipinski definition) is 10. The van der Waals surface area contributed by atoms with Crippen LogP contribution in [0, 0.1) is 5.92 Å². The fraction of sp³-hybridized carbons (Fsp3) is 0.619. The summed E-state index contributed by atoms with van der Waals surface area (Å²) in [5.41, 5.74) is 1.85. The second-order valence-electron chi connectivity index (χ2n) is 15.5. The summed E-state index contributed by atoms with van der Waals surface area (Å²) in [5, 5.41) is 8.51. The van der Waals surface area contributed by atoms with Crippen LogP contribution in [0.25, 0.3) is 0 Å². The predicted molar refractivity (Wildman–Crippen MR) is 212 cm³/mol. The van der Waals surface area contributed by atoms with Crippen LogP contribution < -0.4 is 20.7 Å². The molecule has 15 heteroatoms. The van der Waals surface area contributed by atoms with Crippen LogP contribution >= 0.6 is 0 Å². The molecule has 2 aromatic carbocycles. The highest BCUT2D eigenvalue weighted by Crippen LogP contribution is 2.39. The number of rotatable bonds is 19. The summed E-state index contributed by atoms with van der Waals surface area (Å²) in [4.78, 5) is 53.2. The fourth-order valence-electron chi connectivity index (χ4n) is 7.39. The average molecular weight is 796 g/mol. The zero-order valence-electron chi connectivity index (χ0n) is 33.7. The van der Waals surface area contributed by atoms with Gasteiger partial charge in [0.25, 0.3) is 0 Å². The molecule has 5 rings (SSSR count). The molecule has 0 spiro atoms. The van der Waals surface area contributed by atoms with E-state index in [1.807, 2.05) is 28.0 Å². The van der Waals surface area contributed by atoms with E-state index in [4.69, 9.17) is 28.4 Å². The fourth-order valence-corrected chi connectivity index (χ4v) is 7.39. The van der Waals surface area contributed by atoms with Crippen LogP contribution in [-0.2, 0) is 33.3 Å². The highest BCUT2D eigenvalue weighted by atomic mass is 16.6. The largest absolute Gasteiger partial charge is 0.492 e. The quantitative estimate of drug-likeness (QED) is 0.179. The van der Waals surface area contributed by atoms with Gasteiger partial charge in [0.1, 0.15) is 24.6 Å². The Labute approximate surface area is 336 Å². The van der Waals surface area contributed by atoms with Gasteiger partial charge in [-0.3, -0.25) is 9.59 Å². The maximum absolute atomic E-state index is 13.5. The number of amides is 5. The molecule has 5 amide bonds. The number of nitrogens with one attached hydrogen (secondary N) is 3. The highest BCUT2D eigenvalue weighted by Gasteiger charge is 2.39. The number of morpholine rings is 1. The predicted octanol–water partition coefficient (Wildman–Crippen LogP) is 3.70. The van der Waals surface area contributed by atoms with Crippen molar-refractivity contribution in [1.82, 2.24) is 25.8 Å². The van der Waals surface area contributed by atoms with Crippen LogP contribution in [0.4, 0.5) is 9.59 Å². The van der Waals surface area contributed by atoms with Crippen molar-refractivity contribution in [2.24, 2.45) is 5.92 Å². The molecule has 3 aliphatic rings. The van der Waals surface area contributed by atoms with E-state index < -0.39 is 11.7 Å². The van der Waals surface area contributed by atoms with Gasteiger partial charge in [-0.05, 0) is 69.2 Å². The minimum Gasteiger partial charge on any atom is -0.492 e. The van der Waals surface area contributed by atoms with Gasteiger partial charge < -0.3 is 54.2 Å². The average Bonchev–Trinajstić information content (AvgIpc) is 3.19. The number of likely N-dealkylation sites (tertiary alicyclic amines) is 2. The van der Waals surface area contributed by atoms with Gasteiger partial charge in [-0.25, -0.2) is 9.59 Å². The van der Waals surface area contributed by atoms with E-state index in [0.717, 1.165) is 30.6 Å². The molecule has 0 radical (unpaired) electrons. The van der Waals surface area contributed by atoms with Crippen molar-refractivity contribution in [3.63, 3.8) is 0 Å². The lowest BCUT2D eigenvalue weighted by molar-refractivity contribution is -0.139. The summed E-state index contributed by atoms with van der Waals surface area (Å²) in [6.45, 7) is 11.2. The van der Waals surface area contributed by atoms with Crippen LogP contribution in [0.3, 0.4) is 0 Å². The number of piperidine rings is 2. The maximum atomic E-state index is 13.5. The lowest BCUT2D eigenvalue weighted by Crippen LogP contribution is -2.62. The summed E-state index contributed by atoms with van der Waals surface area (Å²) in [6, 6.07) is 18.5. The molecular weight excluding hydrogens is 734 g/mol. The molecule has 3 aliphatic heterocycles. The smallest absolute Gasteiger partial charge is 0.407 e. The van der Waals surface area contributed by atoms with Crippen LogP contribution in [0.15, 0.2) is 54.6 Å². The van der Waals surface area contributed by atoms with E-state index >= 15 is 0 Å². The minimum absolute atomic E-state index is 0.0285. The molecule has 0 saturated carbocycles. The van der Waals surface area contributed by atoms with Crippen LogP contribution in [-0.4, -0.2) is 144 Å². The normalized spacial score (nSPS) is 19.2. The van der Waals surface area contributed by atoms with Crippen molar-refractivity contribution < 1.29 is 47.6 Å². The number of hydrogen-bond donors (Lipinski definition) is 3. The first-order chi connectivity index (χ1) is 27.6. The SMILES string of the molecule is CC(C)(C)OC(=O)NCCOCCOCCOCCC(=O)NCCOc1cccc([C@H](c2ccccc2)C2CCN(C(=O)N3CC[C@@H]4OCC(=O)N[C@@H]4C3)CC2)c1. The summed E-state index contributed by atoms with van der Waals surface area (Å²) < 4.78 is 33.3. The number of benzene rings is 2. The molecule has 0 bridgehead atoms. The van der Waals surface area contributed by atoms with E-state index in [1.165, 1.54) is 5.56 Å². The molecular formula is C42H61N5O10. The first-order valence-electron chi connectivity index (χ1n) is 20.2. The Bertz CT molecular complexity index is 1570. The van der Waals surface area contributed by atoms with E-state index in [-0.39, 0.29) is 55.5 Å². The molecule has 0 unspecified atom stereocenters. The van der Waals surface area contributed by atoms with Gasteiger partial charge in [0, 0.05) is 45.1 Å². The van der Waals surface area contributed by atoms with Crippen molar-refractivity contribution >= 4 is 23.9 Å². The topological polar surface area (TPSA) is 166 Å². The number of carbonyl (C=O) groups excluding carboxylic acids is 4. The Kier molecular flexibility index (Phi) is 17.2. The summed E-state index contributed by atoms with van der Waals surface area (Å²) in [5.74, 6) is 0.964. The summed E-state index contributed by atoms with van der Waals surface area (Å²) in [6.07, 6.45) is 2.19. The van der Waals surface area contributed by atoms with Crippen molar-refractivity contribution in [1.29, 1.82) is 0 Å². The number of carbonyl (C=O) groups is 4. The molecule has 3 fully saturated rings. The zero-order chi connectivity index (χ0) is 40.5. The van der Waals surface area contributed by atoms with Crippen molar-refractivity contribution in [3.05, 3.63) is 65.7 Å². The zero-order valence-corrected chi connectivity index (χ0v) is 33.7. The maximum Gasteiger partial charge on any atom is 0.407 e. The van der Waals surface area contributed by atoms with Gasteiger partial charge in [-0.2, -0.15) is 0 Å². The van der Waals surface area contributed by atoms with Gasteiger partial charge in [0.2, 0.25) is 11.8 Å². The Morgan fingerprint density at radius 1 is 0.807 bits per heavy atom. The Morgan fingerprint density at radius 3 is 2.21 bits per heavy atom. The van der Waals surface area contributed by atoms with Crippen molar-refractivity contribution in [2.75, 3.05) is 92.1 Å². The van der Waals surface area contributed by atoms with Crippen LogP contribution in [0.5, 0.6) is 5.75 Å². The Hall–Kier alpha value is -4.44. The van der Waals surface area contributed by atoms with Crippen LogP contribution in [0.2, 0.25) is 0 Å². The van der Waals surface area contributed by atoms with Crippen LogP contribution in [0.1, 0.15) is 63.5 Å². The third-order valence-electron chi connectivity index (χ3n) is 10.1. The third kappa shape index (κ3) is 14.8. The number of alkyl carbamates (subject to hydrolysis) is 1. The standard InChI is InChI=1S/C42H61N5O10/c1-42(2,3)57-40(50)44-16-22-53-25-27-54-26-24-52-21-15-37(48)43-17-23-55-34-11-7-10-33(28-34)39(31-8-5-4-6-9-31)32-12-18-46(19-13-32)41(51)47-20-14-36-35(29-47)45-38(49)30-56-36/h4-11,28,32,35-36,39H,12-27,29-30H2,1-3H3,(H,43,48)(H,44,50)(H,45,49)/t35-,36+,39-/m1/s1. The van der Waals surface area contributed by atoms with Gasteiger partial charge in [0.15, 0.2) is 0 Å². The Morgan fingerprint density at radius 2 is 1.47 bits per heavy atom. The molecule has 15 nitrogen and oxygen atoms in total. The highest BCUT2D eigenvalue weighted by molar-refractivity contribution is 5.79. The molecule has 3 saturated heterocycles. The lowest BCUT2D eigenvalue weighted by Gasteiger charge is -2.44. The summed E-state index contributed by atoms with van der Waals surface area (Å²) in [7, 11) is 0. The second kappa shape index (κ2) is 22.5. The number of nitrogens with zero attached hydrogens (tertiary/aromatic N) is 2. The molecule has 3 atom stereocenters. The van der Waals surface area contributed by atoms with E-state index in [2.05, 4.69) is 52.3 Å². The van der Waals surface area contributed by atoms with E-state index in [1.54, 1.807) is 20.8 Å². The molecule has 3 heterocycles. The third-order valence-corrected chi connectivity index (χ3v) is 10.1. The lowest BCUT2D eigenvalue weighted by atomic mass is 9.76. The van der Waals surface area contributed by atoms with E-state index in [9.17, 15) is 19.2 Å². The van der Waals surface area contributed by atoms with Crippen molar-refractivity contribution in [2.45, 2.75) is 70.1 Å². The number of urea groups is 1. The molecule has 0 aromatic heterocycles. The first-order valence-corrected chi connectivity index (χ1v) is 20.2. The molecule has 3 N–H and O–H groups in total. The second-order valence-corrected chi connectivity index (χ2v) is 15.5. The monoisotopic (exact) mass is 795 g/mol. The number of ether oxygens (including phenoxy) is 6. The van der Waals surface area contributed by atoms with E-state index in [0.29, 0.717) is 84.8 Å². The van der Waals surface area contributed by atoms with Gasteiger partial charge >= 0.3 is 12.1 Å². The molecule has 0 aliphatic carbocycles. The molecule has 2 aromatic rings. The summed E-state index contributed by atoms with van der Waals surface area (Å²) >= 11 is 0. The van der Waals surface area contributed by atoms with Crippen molar-refractivity contribution in [3.8, 4) is 5.75 Å². The van der Waals surface area contributed by atoms with Gasteiger partial charge in [0.05, 0.1) is 58.3 Å². The Balaban J connectivity index is 0.960. The first kappa shape index (κ1) is 43.7. The molecule has 314 valence electrons. The van der Waals surface area contributed by atoms with Gasteiger partial charge in [-0.1, -0.05) is 42.5 Å².